The average molecular weight is 525 g/mol. The summed E-state index contributed by atoms with van der Waals surface area (Å²) in [4.78, 5) is 54.9. The molecule has 2 atom stereocenters. The van der Waals surface area contributed by atoms with Crippen LogP contribution in [0.25, 0.3) is 0 Å². The topological polar surface area (TPSA) is 203 Å². The van der Waals surface area contributed by atoms with E-state index >= 15 is 0 Å². The second-order valence-electron chi connectivity index (χ2n) is 7.55. The summed E-state index contributed by atoms with van der Waals surface area (Å²) in [5.74, 6) is -2.59. The number of H-pyrrole nitrogens is 1. The Kier molecular flexibility index (Phi) is 8.96. The molecule has 14 heteroatoms. The molecule has 1 amide bonds. The van der Waals surface area contributed by atoms with Crippen molar-refractivity contribution in [2.24, 2.45) is 0 Å². The van der Waals surface area contributed by atoms with E-state index in [1.165, 1.54) is 12.1 Å². The number of benzene rings is 1. The zero-order valence-corrected chi connectivity index (χ0v) is 21.5. The van der Waals surface area contributed by atoms with Crippen molar-refractivity contribution in [3.63, 3.8) is 0 Å². The van der Waals surface area contributed by atoms with Crippen LogP contribution in [0.15, 0.2) is 29.1 Å². The van der Waals surface area contributed by atoms with Gasteiger partial charge in [-0.2, -0.15) is 4.98 Å². The van der Waals surface area contributed by atoms with Gasteiger partial charge in [0.1, 0.15) is 11.7 Å². The second kappa shape index (κ2) is 11.5. The van der Waals surface area contributed by atoms with Gasteiger partial charge in [0, 0.05) is 57.3 Å². The van der Waals surface area contributed by atoms with Crippen LogP contribution in [0, 0.1) is 0 Å². The minimum Gasteiger partial charge on any atom is -0.481 e. The second-order valence-corrected chi connectivity index (χ2v) is 7.55. The summed E-state index contributed by atoms with van der Waals surface area (Å²) in [7, 11) is 1.79. The number of nitrogens with two attached hydrogens (primary N) is 1. The number of nitrogens with one attached hydrogen (secondary N) is 4. The number of hydrogen-bond donors (Lipinski definition) is 7. The summed E-state index contributed by atoms with van der Waals surface area (Å²) in [6, 6.07) is 5.03. The fourth-order valence-electron chi connectivity index (χ4n) is 3.42. The van der Waals surface area contributed by atoms with Crippen LogP contribution >= 0.6 is 0 Å². The number of anilines is 4. The molecule has 34 heavy (non-hydrogen) atoms. The molecule has 0 bridgehead atoms. The monoisotopic (exact) mass is 523 g/mol. The van der Waals surface area contributed by atoms with E-state index in [2.05, 4.69) is 25.9 Å². The third-order valence-corrected chi connectivity index (χ3v) is 5.26. The Hall–Kier alpha value is -3.67. The van der Waals surface area contributed by atoms with Crippen LogP contribution in [0.5, 0.6) is 0 Å². The summed E-state index contributed by atoms with van der Waals surface area (Å²) in [5, 5.41) is 26.6. The smallest absolute Gasteiger partial charge is 0.326 e. The van der Waals surface area contributed by atoms with Gasteiger partial charge in [-0.05, 0) is 30.7 Å². The standard InChI is InChI=1S/C20H25N7O6.Zn/c1-27-12(9-23-16-15(27)18(31)26-20(21)25-16)8-22-11-4-2-10(3-5-11)17(30)24-13(19(32)33)6-7-14(28)29;/h2-5,12-13,22H,6-9H2,1H3,(H,24,30)(H,28,29)(H,32,33)(H4,21,23,25,26,31);. The molecule has 0 saturated carbocycles. The zero-order valence-electron chi connectivity index (χ0n) is 18.5. The molecule has 1 aliphatic rings. The molecule has 2 heterocycles. The molecule has 0 fully saturated rings. The van der Waals surface area contributed by atoms with Gasteiger partial charge in [-0.25, -0.2) is 4.79 Å². The normalized spacial score (nSPS) is 15.2. The molecule has 2 aromatic rings. The molecule has 13 nitrogen and oxygen atoms in total. The molecule has 1 aliphatic heterocycles. The fourth-order valence-corrected chi connectivity index (χ4v) is 3.42. The quantitative estimate of drug-likeness (QED) is 0.213. The maximum Gasteiger partial charge on any atom is 0.326 e. The predicted molar refractivity (Wildman–Crippen MR) is 121 cm³/mol. The van der Waals surface area contributed by atoms with Crippen molar-refractivity contribution in [2.75, 3.05) is 41.4 Å². The van der Waals surface area contributed by atoms with Gasteiger partial charge < -0.3 is 36.8 Å². The number of carbonyl (C=O) groups is 3. The van der Waals surface area contributed by atoms with E-state index in [0.717, 1.165) is 5.69 Å². The maximum absolute atomic E-state index is 12.3. The van der Waals surface area contributed by atoms with Gasteiger partial charge >= 0.3 is 11.9 Å². The molecule has 0 saturated heterocycles. The number of nitrogens with zero attached hydrogens (tertiary/aromatic N) is 2. The number of rotatable bonds is 9. The first kappa shape index (κ1) is 26.6. The molecule has 0 aliphatic carbocycles. The van der Waals surface area contributed by atoms with Crippen LogP contribution in [0.3, 0.4) is 0 Å². The van der Waals surface area contributed by atoms with Crippen molar-refractivity contribution >= 4 is 41.0 Å². The molecular formula is C20H25N7O6Zn. The largest absolute Gasteiger partial charge is 0.481 e. The number of carboxylic acid groups (broad SMARTS) is 2. The molecule has 1 aromatic heterocycles. The summed E-state index contributed by atoms with van der Waals surface area (Å²) >= 11 is 0. The van der Waals surface area contributed by atoms with Crippen molar-refractivity contribution in [1.29, 1.82) is 0 Å². The zero-order chi connectivity index (χ0) is 24.1. The van der Waals surface area contributed by atoms with Gasteiger partial charge in [-0.3, -0.25) is 19.4 Å². The van der Waals surface area contributed by atoms with Gasteiger partial charge in [-0.1, -0.05) is 0 Å². The molecule has 2 unspecified atom stereocenters. The van der Waals surface area contributed by atoms with E-state index in [-0.39, 0.29) is 55.4 Å². The minimum absolute atomic E-state index is 0. The van der Waals surface area contributed by atoms with Crippen molar-refractivity contribution in [3.8, 4) is 0 Å². The number of aromatic amines is 1. The first-order valence-electron chi connectivity index (χ1n) is 10.1. The van der Waals surface area contributed by atoms with E-state index in [9.17, 15) is 24.3 Å². The Morgan fingerprint density at radius 3 is 2.56 bits per heavy atom. The third-order valence-electron chi connectivity index (χ3n) is 5.26. The predicted octanol–water partition coefficient (Wildman–Crippen LogP) is -0.260. The Morgan fingerprint density at radius 2 is 1.94 bits per heavy atom. The van der Waals surface area contributed by atoms with Gasteiger partial charge in [-0.15, -0.1) is 0 Å². The van der Waals surface area contributed by atoms with Crippen LogP contribution in [0.4, 0.5) is 23.1 Å². The Bertz CT molecular complexity index is 1110. The molecule has 0 spiro atoms. The number of carboxylic acids is 2. The first-order chi connectivity index (χ1) is 15.7. The van der Waals surface area contributed by atoms with Crippen LogP contribution in [-0.2, 0) is 29.1 Å². The van der Waals surface area contributed by atoms with Crippen molar-refractivity contribution in [1.82, 2.24) is 15.3 Å². The van der Waals surface area contributed by atoms with Crippen molar-refractivity contribution < 1.29 is 44.1 Å². The molecule has 3 rings (SSSR count). The number of amides is 1. The summed E-state index contributed by atoms with van der Waals surface area (Å²) < 4.78 is 0. The molecule has 0 radical (unpaired) electrons. The minimum atomic E-state index is -1.30. The number of fused-ring (bicyclic) bond motifs is 1. The molecule has 1 aromatic carbocycles. The van der Waals surface area contributed by atoms with Gasteiger partial charge in [0.15, 0.2) is 5.82 Å². The third kappa shape index (κ3) is 6.44. The SMILES string of the molecule is CN1c2c(nc(N)[nH]c2=O)NCC1CNc1ccc(C(=O)NC(CCC(=O)O)C(=O)O)cc1.[Zn]. The number of carbonyl (C=O) groups excluding carboxylic acids is 1. The van der Waals surface area contributed by atoms with Gasteiger partial charge in [0.25, 0.3) is 11.5 Å². The van der Waals surface area contributed by atoms with E-state index in [1.54, 1.807) is 19.2 Å². The van der Waals surface area contributed by atoms with Crippen LogP contribution in [-0.4, -0.2) is 70.2 Å². The Labute approximate surface area is 206 Å². The van der Waals surface area contributed by atoms with Crippen LogP contribution in [0.1, 0.15) is 23.2 Å². The van der Waals surface area contributed by atoms with E-state index in [1.807, 2.05) is 4.90 Å². The molecular weight excluding hydrogens is 500 g/mol. The van der Waals surface area contributed by atoms with Gasteiger partial charge in [0.2, 0.25) is 5.95 Å². The van der Waals surface area contributed by atoms with Crippen LogP contribution in [0.2, 0.25) is 0 Å². The number of nitrogen functional groups attached to an aromatic ring is 1. The van der Waals surface area contributed by atoms with E-state index < -0.39 is 23.9 Å². The van der Waals surface area contributed by atoms with Crippen molar-refractivity contribution in [2.45, 2.75) is 24.9 Å². The first-order valence-corrected chi connectivity index (χ1v) is 10.1. The summed E-state index contributed by atoms with van der Waals surface area (Å²) in [6.07, 6.45) is -0.586. The average Bonchev–Trinajstić information content (AvgIpc) is 2.75. The fraction of sp³-hybridized carbons (Fsp3) is 0.350. The van der Waals surface area contributed by atoms with Crippen molar-refractivity contribution in [3.05, 3.63) is 40.2 Å². The number of hydrogen-bond acceptors (Lipinski definition) is 9. The number of likely N-dealkylation sites (N-methyl/N-ethyl adjacent to an activating group) is 1. The van der Waals surface area contributed by atoms with E-state index in [0.29, 0.717) is 24.6 Å². The summed E-state index contributed by atoms with van der Waals surface area (Å²) in [6.45, 7) is 1.01. The molecule has 8 N–H and O–H groups in total. The molecule has 178 valence electrons. The van der Waals surface area contributed by atoms with Crippen LogP contribution < -0.4 is 32.1 Å². The van der Waals surface area contributed by atoms with Gasteiger partial charge in [0.05, 0.1) is 6.04 Å². The summed E-state index contributed by atoms with van der Waals surface area (Å²) in [5.41, 5.74) is 6.59. The Morgan fingerprint density at radius 1 is 1.26 bits per heavy atom. The number of aromatic nitrogens is 2. The number of aliphatic carboxylic acids is 2. The van der Waals surface area contributed by atoms with E-state index in [4.69, 9.17) is 10.8 Å². The Balaban J connectivity index is 0.00000408. The maximum atomic E-state index is 12.3.